The van der Waals surface area contributed by atoms with Gasteiger partial charge in [0.15, 0.2) is 0 Å². The molecule has 130 valence electrons. The maximum absolute atomic E-state index is 13.0. The van der Waals surface area contributed by atoms with Crippen LogP contribution in [0.4, 0.5) is 0 Å². The highest BCUT2D eigenvalue weighted by Gasteiger charge is 2.37. The Hall–Kier alpha value is -2.74. The van der Waals surface area contributed by atoms with Gasteiger partial charge in [-0.2, -0.15) is 5.10 Å². The van der Waals surface area contributed by atoms with Gasteiger partial charge in [-0.1, -0.05) is 6.07 Å². The van der Waals surface area contributed by atoms with Crippen LogP contribution in [-0.2, 0) is 13.5 Å². The molecule has 0 saturated carbocycles. The van der Waals surface area contributed by atoms with Crippen LogP contribution < -0.4 is 0 Å². The monoisotopic (exact) mass is 340 g/mol. The second-order valence-electron chi connectivity index (χ2n) is 6.73. The summed E-state index contributed by atoms with van der Waals surface area (Å²) < 4.78 is 1.80. The number of fused-ring (bicyclic) bond motifs is 1. The second-order valence-corrected chi connectivity index (χ2v) is 6.73. The minimum absolute atomic E-state index is 0.0805. The normalized spacial score (nSPS) is 21.0. The molecule has 8 heteroatoms. The van der Waals surface area contributed by atoms with E-state index >= 15 is 0 Å². The van der Waals surface area contributed by atoms with Crippen molar-refractivity contribution in [1.29, 1.82) is 0 Å². The van der Waals surface area contributed by atoms with E-state index in [2.05, 4.69) is 20.4 Å². The molecule has 0 aliphatic carbocycles. The summed E-state index contributed by atoms with van der Waals surface area (Å²) in [6.07, 6.45) is 5.05. The van der Waals surface area contributed by atoms with E-state index in [1.807, 2.05) is 19.2 Å². The molecule has 8 nitrogen and oxygen atoms in total. The molecule has 1 saturated heterocycles. The molecular formula is C17H20N6O2. The molecule has 25 heavy (non-hydrogen) atoms. The third kappa shape index (κ3) is 2.89. The van der Waals surface area contributed by atoms with Crippen molar-refractivity contribution in [2.24, 2.45) is 7.05 Å². The molecule has 1 aliphatic rings. The van der Waals surface area contributed by atoms with Crippen LogP contribution in [0.1, 0.15) is 29.0 Å². The summed E-state index contributed by atoms with van der Waals surface area (Å²) >= 11 is 0. The third-order valence-corrected chi connectivity index (χ3v) is 4.85. The van der Waals surface area contributed by atoms with E-state index < -0.39 is 5.60 Å². The number of hydrogen-bond acceptors (Lipinski definition) is 5. The minimum Gasteiger partial charge on any atom is -0.388 e. The van der Waals surface area contributed by atoms with Gasteiger partial charge in [0.2, 0.25) is 0 Å². The molecule has 1 atom stereocenters. The molecule has 1 aromatic carbocycles. The van der Waals surface area contributed by atoms with E-state index in [9.17, 15) is 9.90 Å². The number of aliphatic hydroxyl groups is 1. The molecule has 1 fully saturated rings. The summed E-state index contributed by atoms with van der Waals surface area (Å²) in [7, 11) is 1.85. The van der Waals surface area contributed by atoms with E-state index in [0.29, 0.717) is 30.8 Å². The number of likely N-dealkylation sites (tertiary alicyclic amines) is 1. The van der Waals surface area contributed by atoms with Crippen LogP contribution in [0.3, 0.4) is 0 Å². The van der Waals surface area contributed by atoms with Crippen molar-refractivity contribution in [3.63, 3.8) is 0 Å². The number of nitrogens with zero attached hydrogens (tertiary/aromatic N) is 5. The van der Waals surface area contributed by atoms with Gasteiger partial charge >= 0.3 is 0 Å². The number of H-pyrrole nitrogens is 1. The first-order chi connectivity index (χ1) is 12.1. The number of benzene rings is 1. The summed E-state index contributed by atoms with van der Waals surface area (Å²) in [4.78, 5) is 14.7. The molecule has 1 amide bonds. The van der Waals surface area contributed by atoms with Crippen molar-refractivity contribution in [2.75, 3.05) is 13.1 Å². The Bertz CT molecular complexity index is 917. The zero-order valence-electron chi connectivity index (χ0n) is 14.0. The van der Waals surface area contributed by atoms with Crippen LogP contribution >= 0.6 is 0 Å². The van der Waals surface area contributed by atoms with Crippen molar-refractivity contribution in [3.05, 3.63) is 42.1 Å². The Kier molecular flexibility index (Phi) is 3.76. The van der Waals surface area contributed by atoms with Gasteiger partial charge in [0.1, 0.15) is 12.2 Å². The average molecular weight is 340 g/mol. The fourth-order valence-electron chi connectivity index (χ4n) is 3.52. The molecule has 2 N–H and O–H groups in total. The molecule has 0 spiro atoms. The van der Waals surface area contributed by atoms with Gasteiger partial charge in [0.25, 0.3) is 5.91 Å². The number of β-amino-alcohol motifs (C(OH)–C–C–N with tert-alkyl or cyclic N) is 1. The first-order valence-electron chi connectivity index (χ1n) is 8.32. The van der Waals surface area contributed by atoms with Gasteiger partial charge in [0.05, 0.1) is 29.4 Å². The lowest BCUT2D eigenvalue weighted by Crippen LogP contribution is -2.51. The quantitative estimate of drug-likeness (QED) is 0.738. The number of aromatic amines is 1. The number of carbonyl (C=O) groups excluding carboxylic acids is 1. The maximum atomic E-state index is 13.0. The van der Waals surface area contributed by atoms with Crippen molar-refractivity contribution in [2.45, 2.75) is 24.9 Å². The van der Waals surface area contributed by atoms with Gasteiger partial charge in [-0.25, -0.2) is 0 Å². The number of nitrogens with one attached hydrogen (secondary N) is 1. The zero-order chi connectivity index (χ0) is 17.4. The van der Waals surface area contributed by atoms with E-state index in [1.54, 1.807) is 28.1 Å². The van der Waals surface area contributed by atoms with E-state index in [-0.39, 0.29) is 12.5 Å². The Morgan fingerprint density at radius 3 is 3.12 bits per heavy atom. The lowest BCUT2D eigenvalue weighted by molar-refractivity contribution is -0.0257. The summed E-state index contributed by atoms with van der Waals surface area (Å²) in [5.41, 5.74) is 0.449. The van der Waals surface area contributed by atoms with Gasteiger partial charge in [-0.05, 0) is 25.0 Å². The van der Waals surface area contributed by atoms with Crippen molar-refractivity contribution in [1.82, 2.24) is 29.9 Å². The average Bonchev–Trinajstić information content (AvgIpc) is 3.23. The SMILES string of the molecule is Cn1cnnc1CC1(O)CCCN(C(=O)c2cccc3[nH]ncc23)C1. The second kappa shape index (κ2) is 5.96. The molecule has 3 aromatic rings. The first kappa shape index (κ1) is 15.8. The lowest BCUT2D eigenvalue weighted by Gasteiger charge is -2.39. The molecule has 1 unspecified atom stereocenters. The summed E-state index contributed by atoms with van der Waals surface area (Å²) in [6, 6.07) is 5.53. The number of hydrogen-bond donors (Lipinski definition) is 2. The number of piperidine rings is 1. The van der Waals surface area contributed by atoms with Crippen LogP contribution in [0.25, 0.3) is 10.9 Å². The number of aryl methyl sites for hydroxylation is 1. The maximum Gasteiger partial charge on any atom is 0.254 e. The van der Waals surface area contributed by atoms with Crippen molar-refractivity contribution >= 4 is 16.8 Å². The molecule has 0 bridgehead atoms. The van der Waals surface area contributed by atoms with E-state index in [0.717, 1.165) is 17.3 Å². The molecular weight excluding hydrogens is 320 g/mol. The molecule has 4 rings (SSSR count). The smallest absolute Gasteiger partial charge is 0.254 e. The Labute approximate surface area is 144 Å². The van der Waals surface area contributed by atoms with Crippen molar-refractivity contribution in [3.8, 4) is 0 Å². The van der Waals surface area contributed by atoms with Crippen LogP contribution in [0.5, 0.6) is 0 Å². The topological polar surface area (TPSA) is 99.9 Å². The standard InChI is InChI=1S/C17H20N6O2/c1-22-11-19-21-15(22)8-17(25)6-3-7-23(10-17)16(24)12-4-2-5-14-13(12)9-18-20-14/h2,4-5,9,11,25H,3,6-8,10H2,1H3,(H,18,20). The predicted molar refractivity (Wildman–Crippen MR) is 90.9 cm³/mol. The Balaban J connectivity index is 1.57. The molecule has 3 heterocycles. The third-order valence-electron chi connectivity index (χ3n) is 4.85. The van der Waals surface area contributed by atoms with Crippen LogP contribution in [0.15, 0.2) is 30.7 Å². The summed E-state index contributed by atoms with van der Waals surface area (Å²) in [6.45, 7) is 0.918. The van der Waals surface area contributed by atoms with Gasteiger partial charge in [-0.15, -0.1) is 10.2 Å². The highest BCUT2D eigenvalue weighted by atomic mass is 16.3. The van der Waals surface area contributed by atoms with Crippen molar-refractivity contribution < 1.29 is 9.90 Å². The predicted octanol–water partition coefficient (Wildman–Crippen LogP) is 0.901. The number of amides is 1. The highest BCUT2D eigenvalue weighted by molar-refractivity contribution is 6.06. The fourth-order valence-corrected chi connectivity index (χ4v) is 3.52. The zero-order valence-corrected chi connectivity index (χ0v) is 14.0. The fraction of sp³-hybridized carbons (Fsp3) is 0.412. The van der Waals surface area contributed by atoms with Crippen LogP contribution in [0, 0.1) is 0 Å². The van der Waals surface area contributed by atoms with Crippen LogP contribution in [-0.4, -0.2) is 59.6 Å². The molecule has 1 aliphatic heterocycles. The highest BCUT2D eigenvalue weighted by Crippen LogP contribution is 2.27. The van der Waals surface area contributed by atoms with E-state index in [1.165, 1.54) is 0 Å². The van der Waals surface area contributed by atoms with Gasteiger partial charge in [0, 0.05) is 25.4 Å². The van der Waals surface area contributed by atoms with Gasteiger partial charge < -0.3 is 14.6 Å². The summed E-state index contributed by atoms with van der Waals surface area (Å²) in [5, 5.41) is 26.6. The Morgan fingerprint density at radius 1 is 1.44 bits per heavy atom. The number of carbonyl (C=O) groups is 1. The number of aromatic nitrogens is 5. The first-order valence-corrected chi connectivity index (χ1v) is 8.32. The van der Waals surface area contributed by atoms with Crippen LogP contribution in [0.2, 0.25) is 0 Å². The van der Waals surface area contributed by atoms with Gasteiger partial charge in [-0.3, -0.25) is 9.89 Å². The Morgan fingerprint density at radius 2 is 2.32 bits per heavy atom. The lowest BCUT2D eigenvalue weighted by atomic mass is 9.88. The molecule has 2 aromatic heterocycles. The number of rotatable bonds is 3. The largest absolute Gasteiger partial charge is 0.388 e. The van der Waals surface area contributed by atoms with E-state index in [4.69, 9.17) is 0 Å². The minimum atomic E-state index is -0.987. The summed E-state index contributed by atoms with van der Waals surface area (Å²) in [5.74, 6) is 0.636. The molecule has 0 radical (unpaired) electrons.